The number of fused-ring (bicyclic) bond motifs is 1. The van der Waals surface area contributed by atoms with Gasteiger partial charge in [-0.25, -0.2) is 0 Å². The predicted molar refractivity (Wildman–Crippen MR) is 75.5 cm³/mol. The summed E-state index contributed by atoms with van der Waals surface area (Å²) in [5.41, 5.74) is 2.95. The van der Waals surface area contributed by atoms with Crippen LogP contribution in [0.4, 0.5) is 0 Å². The van der Waals surface area contributed by atoms with Crippen LogP contribution in [0.1, 0.15) is 44.1 Å². The lowest BCUT2D eigenvalue weighted by atomic mass is 10.0. The van der Waals surface area contributed by atoms with Crippen molar-refractivity contribution >= 4 is 10.9 Å². The highest BCUT2D eigenvalue weighted by Gasteiger charge is 2.12. The van der Waals surface area contributed by atoms with Crippen molar-refractivity contribution in [1.29, 1.82) is 0 Å². The number of benzene rings is 1. The van der Waals surface area contributed by atoms with E-state index in [1.54, 1.807) is 0 Å². The highest BCUT2D eigenvalue weighted by atomic mass is 16.3. The second-order valence-electron chi connectivity index (χ2n) is 5.37. The monoisotopic (exact) mass is 243 g/mol. The highest BCUT2D eigenvalue weighted by Crippen LogP contribution is 2.24. The molecule has 1 heterocycles. The minimum atomic E-state index is -0.448. The van der Waals surface area contributed by atoms with E-state index in [0.717, 1.165) is 29.4 Å². The van der Waals surface area contributed by atoms with Crippen molar-refractivity contribution in [3.05, 3.63) is 41.6 Å². The van der Waals surface area contributed by atoms with E-state index < -0.39 is 6.10 Å². The lowest BCUT2D eigenvalue weighted by Crippen LogP contribution is -2.03. The molecule has 2 rings (SSSR count). The van der Waals surface area contributed by atoms with E-state index in [2.05, 4.69) is 31.8 Å². The van der Waals surface area contributed by atoms with Gasteiger partial charge in [0.05, 0.1) is 17.3 Å². The molecule has 0 aliphatic heterocycles. The fraction of sp³-hybridized carbons (Fsp3) is 0.438. The van der Waals surface area contributed by atoms with Gasteiger partial charge in [-0.05, 0) is 43.4 Å². The lowest BCUT2D eigenvalue weighted by molar-refractivity contribution is 0.155. The van der Waals surface area contributed by atoms with Crippen molar-refractivity contribution in [1.82, 2.24) is 4.98 Å². The van der Waals surface area contributed by atoms with E-state index in [1.165, 1.54) is 5.56 Å². The molecule has 0 radical (unpaired) electrons. The van der Waals surface area contributed by atoms with Gasteiger partial charge < -0.3 is 5.11 Å². The van der Waals surface area contributed by atoms with Crippen molar-refractivity contribution < 1.29 is 5.11 Å². The quantitative estimate of drug-likeness (QED) is 0.880. The van der Waals surface area contributed by atoms with Crippen LogP contribution in [0.3, 0.4) is 0 Å². The summed E-state index contributed by atoms with van der Waals surface area (Å²) < 4.78 is 0. The Morgan fingerprint density at radius 1 is 1.17 bits per heavy atom. The molecule has 0 saturated heterocycles. The summed E-state index contributed by atoms with van der Waals surface area (Å²) in [4.78, 5) is 4.56. The Balaban J connectivity index is 2.28. The molecule has 0 aliphatic rings. The van der Waals surface area contributed by atoms with Gasteiger partial charge in [0.15, 0.2) is 0 Å². The van der Waals surface area contributed by atoms with Gasteiger partial charge in [0, 0.05) is 5.39 Å². The van der Waals surface area contributed by atoms with Crippen LogP contribution in [0.2, 0.25) is 0 Å². The van der Waals surface area contributed by atoms with Crippen LogP contribution in [0, 0.1) is 12.8 Å². The van der Waals surface area contributed by atoms with E-state index in [-0.39, 0.29) is 0 Å². The van der Waals surface area contributed by atoms with E-state index >= 15 is 0 Å². The van der Waals surface area contributed by atoms with Gasteiger partial charge in [-0.3, -0.25) is 4.98 Å². The molecule has 1 N–H and O–H groups in total. The first kappa shape index (κ1) is 13.0. The van der Waals surface area contributed by atoms with Crippen molar-refractivity contribution in [3.63, 3.8) is 0 Å². The fourth-order valence-corrected chi connectivity index (χ4v) is 2.19. The molecule has 0 aliphatic carbocycles. The second kappa shape index (κ2) is 5.49. The zero-order chi connectivity index (χ0) is 13.1. The third kappa shape index (κ3) is 2.88. The number of pyridine rings is 1. The molecule has 2 heteroatoms. The minimum Gasteiger partial charge on any atom is -0.387 e. The summed E-state index contributed by atoms with van der Waals surface area (Å²) in [5, 5.41) is 11.4. The summed E-state index contributed by atoms with van der Waals surface area (Å²) >= 11 is 0. The molecule has 1 atom stereocenters. The summed E-state index contributed by atoms with van der Waals surface area (Å²) in [6.45, 7) is 6.42. The first-order valence-electron chi connectivity index (χ1n) is 6.62. The average Bonchev–Trinajstić information content (AvgIpc) is 2.36. The summed E-state index contributed by atoms with van der Waals surface area (Å²) in [6.07, 6.45) is 1.35. The number of rotatable bonds is 4. The molecular weight excluding hydrogens is 222 g/mol. The molecule has 2 aromatic rings. The Morgan fingerprint density at radius 2 is 1.89 bits per heavy atom. The molecule has 18 heavy (non-hydrogen) atoms. The summed E-state index contributed by atoms with van der Waals surface area (Å²) in [6, 6.07) is 10.1. The van der Waals surface area contributed by atoms with E-state index in [9.17, 15) is 5.11 Å². The van der Waals surface area contributed by atoms with Gasteiger partial charge >= 0.3 is 0 Å². The molecule has 0 spiro atoms. The zero-order valence-electron chi connectivity index (χ0n) is 11.4. The maximum atomic E-state index is 10.2. The first-order chi connectivity index (χ1) is 8.58. The van der Waals surface area contributed by atoms with Crippen molar-refractivity contribution in [2.24, 2.45) is 5.92 Å². The molecular formula is C16H21NO. The largest absolute Gasteiger partial charge is 0.387 e. The molecule has 0 amide bonds. The molecule has 1 aromatic carbocycles. The number of para-hydroxylation sites is 1. The number of aliphatic hydroxyl groups excluding tert-OH is 1. The van der Waals surface area contributed by atoms with Crippen LogP contribution in [-0.4, -0.2) is 10.1 Å². The zero-order valence-corrected chi connectivity index (χ0v) is 11.4. The molecule has 96 valence electrons. The summed E-state index contributed by atoms with van der Waals surface area (Å²) in [5.74, 6) is 0.612. The summed E-state index contributed by atoms with van der Waals surface area (Å²) in [7, 11) is 0. The van der Waals surface area contributed by atoms with E-state index in [0.29, 0.717) is 5.92 Å². The number of aromatic nitrogens is 1. The Labute approximate surface area is 109 Å². The van der Waals surface area contributed by atoms with Gasteiger partial charge in [-0.2, -0.15) is 0 Å². The third-order valence-electron chi connectivity index (χ3n) is 3.30. The van der Waals surface area contributed by atoms with Gasteiger partial charge in [-0.1, -0.05) is 32.0 Å². The minimum absolute atomic E-state index is 0.448. The first-order valence-corrected chi connectivity index (χ1v) is 6.62. The molecule has 0 bridgehead atoms. The van der Waals surface area contributed by atoms with Crippen LogP contribution < -0.4 is 0 Å². The predicted octanol–water partition coefficient (Wildman–Crippen LogP) is 4.01. The van der Waals surface area contributed by atoms with E-state index in [1.807, 2.05) is 24.3 Å². The molecule has 0 saturated carbocycles. The van der Waals surface area contributed by atoms with Gasteiger partial charge in [0.25, 0.3) is 0 Å². The Morgan fingerprint density at radius 3 is 2.61 bits per heavy atom. The van der Waals surface area contributed by atoms with Gasteiger partial charge in [0.2, 0.25) is 0 Å². The van der Waals surface area contributed by atoms with Crippen LogP contribution in [0.25, 0.3) is 10.9 Å². The number of hydrogen-bond donors (Lipinski definition) is 1. The molecule has 0 fully saturated rings. The lowest BCUT2D eigenvalue weighted by Gasteiger charge is -2.13. The van der Waals surface area contributed by atoms with Crippen LogP contribution in [0.15, 0.2) is 30.3 Å². The topological polar surface area (TPSA) is 33.1 Å². The molecule has 1 unspecified atom stereocenters. The molecule has 1 aromatic heterocycles. The van der Waals surface area contributed by atoms with Crippen LogP contribution in [-0.2, 0) is 0 Å². The standard InChI is InChI=1S/C16H21NO/c1-11(2)8-9-16(18)15-10-12(3)13-6-4-5-7-14(13)17-15/h4-7,10-11,16,18H,8-9H2,1-3H3. The Bertz CT molecular complexity index is 534. The Hall–Kier alpha value is -1.41. The van der Waals surface area contributed by atoms with Crippen molar-refractivity contribution in [2.75, 3.05) is 0 Å². The fourth-order valence-electron chi connectivity index (χ4n) is 2.19. The maximum absolute atomic E-state index is 10.2. The van der Waals surface area contributed by atoms with Crippen molar-refractivity contribution in [3.8, 4) is 0 Å². The number of aliphatic hydroxyl groups is 1. The number of aryl methyl sites for hydroxylation is 1. The maximum Gasteiger partial charge on any atom is 0.0960 e. The van der Waals surface area contributed by atoms with Crippen LogP contribution >= 0.6 is 0 Å². The van der Waals surface area contributed by atoms with Crippen molar-refractivity contribution in [2.45, 2.75) is 39.7 Å². The van der Waals surface area contributed by atoms with Gasteiger partial charge in [-0.15, -0.1) is 0 Å². The average molecular weight is 243 g/mol. The highest BCUT2D eigenvalue weighted by molar-refractivity contribution is 5.82. The normalized spacial score (nSPS) is 13.2. The molecule has 2 nitrogen and oxygen atoms in total. The third-order valence-corrected chi connectivity index (χ3v) is 3.30. The van der Waals surface area contributed by atoms with E-state index in [4.69, 9.17) is 0 Å². The SMILES string of the molecule is Cc1cc(C(O)CCC(C)C)nc2ccccc12. The van der Waals surface area contributed by atoms with Gasteiger partial charge in [0.1, 0.15) is 0 Å². The number of nitrogens with zero attached hydrogens (tertiary/aromatic N) is 1. The Kier molecular flexibility index (Phi) is 3.97. The number of hydrogen-bond acceptors (Lipinski definition) is 2. The smallest absolute Gasteiger partial charge is 0.0960 e. The second-order valence-corrected chi connectivity index (χ2v) is 5.37. The van der Waals surface area contributed by atoms with Crippen LogP contribution in [0.5, 0.6) is 0 Å².